The van der Waals surface area contributed by atoms with Crippen molar-refractivity contribution in [3.63, 3.8) is 0 Å². The van der Waals surface area contributed by atoms with Gasteiger partial charge in [0.25, 0.3) is 0 Å². The average molecular weight is 302 g/mol. The fourth-order valence-corrected chi connectivity index (χ4v) is 2.75. The lowest BCUT2D eigenvalue weighted by molar-refractivity contribution is -0.612. The smallest absolute Gasteiger partial charge is 0.221 e. The monoisotopic (exact) mass is 302 g/mol. The third-order valence-electron chi connectivity index (χ3n) is 4.01. The van der Waals surface area contributed by atoms with Crippen LogP contribution in [0, 0.1) is 32.1 Å². The number of nitrogens with zero attached hydrogens (tertiary/aromatic N) is 4. The zero-order chi connectivity index (χ0) is 16.4. The summed E-state index contributed by atoms with van der Waals surface area (Å²) in [6, 6.07) is 12.2. The summed E-state index contributed by atoms with van der Waals surface area (Å²) in [5.74, 6) is 0. The first-order chi connectivity index (χ1) is 11.1. The molecule has 0 saturated carbocycles. The summed E-state index contributed by atoms with van der Waals surface area (Å²) in [7, 11) is 0. The summed E-state index contributed by atoms with van der Waals surface area (Å²) in [5, 5.41) is 9.43. The second kappa shape index (κ2) is 5.98. The molecule has 23 heavy (non-hydrogen) atoms. The second-order valence-corrected chi connectivity index (χ2v) is 5.55. The first-order valence-corrected chi connectivity index (χ1v) is 7.47. The molecule has 0 saturated heterocycles. The Morgan fingerprint density at radius 3 is 2.26 bits per heavy atom. The van der Waals surface area contributed by atoms with Gasteiger partial charge in [-0.05, 0) is 6.92 Å². The SMILES string of the molecule is Cc1c(-[n+]2ccccc2C)cc(C#N)cc1-[n+]1ccncc1C. The Morgan fingerprint density at radius 1 is 0.957 bits per heavy atom. The molecular weight excluding hydrogens is 284 g/mol. The molecule has 0 unspecified atom stereocenters. The maximum absolute atomic E-state index is 9.43. The van der Waals surface area contributed by atoms with Gasteiger partial charge in [-0.15, -0.1) is 0 Å². The van der Waals surface area contributed by atoms with Crippen LogP contribution in [0.3, 0.4) is 0 Å². The molecule has 0 amide bonds. The van der Waals surface area contributed by atoms with Gasteiger partial charge in [-0.2, -0.15) is 14.4 Å². The number of aromatic nitrogens is 3. The van der Waals surface area contributed by atoms with Gasteiger partial charge in [-0.3, -0.25) is 4.98 Å². The Kier molecular flexibility index (Phi) is 3.86. The van der Waals surface area contributed by atoms with Gasteiger partial charge in [0.15, 0.2) is 18.1 Å². The first-order valence-electron chi connectivity index (χ1n) is 7.47. The van der Waals surface area contributed by atoms with E-state index in [4.69, 9.17) is 0 Å². The van der Waals surface area contributed by atoms with Gasteiger partial charge in [0.05, 0.1) is 29.6 Å². The van der Waals surface area contributed by atoms with Crippen molar-refractivity contribution in [3.8, 4) is 17.4 Å². The Labute approximate surface area is 135 Å². The van der Waals surface area contributed by atoms with Crippen molar-refractivity contribution in [2.45, 2.75) is 20.8 Å². The lowest BCUT2D eigenvalue weighted by Crippen LogP contribution is -2.39. The number of rotatable bonds is 2. The molecule has 0 atom stereocenters. The fourth-order valence-electron chi connectivity index (χ4n) is 2.75. The van der Waals surface area contributed by atoms with Gasteiger partial charge >= 0.3 is 0 Å². The lowest BCUT2D eigenvalue weighted by atomic mass is 10.1. The largest absolute Gasteiger partial charge is 0.252 e. The van der Waals surface area contributed by atoms with Crippen LogP contribution in [0.15, 0.2) is 55.1 Å². The van der Waals surface area contributed by atoms with Crippen molar-refractivity contribution >= 4 is 0 Å². The van der Waals surface area contributed by atoms with Crippen LogP contribution in [-0.4, -0.2) is 4.98 Å². The molecule has 3 aromatic rings. The maximum Gasteiger partial charge on any atom is 0.221 e. The summed E-state index contributed by atoms with van der Waals surface area (Å²) < 4.78 is 4.17. The Hall–Kier alpha value is -3.06. The first kappa shape index (κ1) is 14.9. The fraction of sp³-hybridized carbons (Fsp3) is 0.158. The summed E-state index contributed by atoms with van der Waals surface area (Å²) in [6.45, 7) is 6.15. The predicted octanol–water partition coefficient (Wildman–Crippen LogP) is 2.43. The third kappa shape index (κ3) is 2.69. The van der Waals surface area contributed by atoms with Crippen LogP contribution in [0.5, 0.6) is 0 Å². The number of aryl methyl sites for hydroxylation is 2. The third-order valence-corrected chi connectivity index (χ3v) is 4.01. The molecule has 0 aliphatic rings. The molecule has 0 radical (unpaired) electrons. The highest BCUT2D eigenvalue weighted by Crippen LogP contribution is 2.18. The van der Waals surface area contributed by atoms with Crippen molar-refractivity contribution < 1.29 is 9.13 Å². The maximum atomic E-state index is 9.43. The molecule has 2 aromatic heterocycles. The molecule has 3 rings (SSSR count). The van der Waals surface area contributed by atoms with Gasteiger partial charge in [-0.1, -0.05) is 6.07 Å². The number of nitriles is 1. The molecule has 4 heteroatoms. The molecule has 2 heterocycles. The highest BCUT2D eigenvalue weighted by atomic mass is 15.0. The molecule has 0 N–H and O–H groups in total. The Balaban J connectivity index is 2.32. The van der Waals surface area contributed by atoms with Crippen LogP contribution >= 0.6 is 0 Å². The minimum absolute atomic E-state index is 0.639. The summed E-state index contributed by atoms with van der Waals surface area (Å²) in [5.41, 5.74) is 5.90. The van der Waals surface area contributed by atoms with E-state index in [1.807, 2.05) is 49.8 Å². The Morgan fingerprint density at radius 2 is 1.65 bits per heavy atom. The van der Waals surface area contributed by atoms with Crippen molar-refractivity contribution in [1.82, 2.24) is 4.98 Å². The molecule has 0 aliphatic carbocycles. The van der Waals surface area contributed by atoms with E-state index in [1.54, 1.807) is 6.20 Å². The summed E-state index contributed by atoms with van der Waals surface area (Å²) >= 11 is 0. The van der Waals surface area contributed by atoms with E-state index < -0.39 is 0 Å². The summed E-state index contributed by atoms with van der Waals surface area (Å²) in [6.07, 6.45) is 7.52. The molecule has 0 aliphatic heterocycles. The second-order valence-electron chi connectivity index (χ2n) is 5.55. The van der Waals surface area contributed by atoms with E-state index in [0.29, 0.717) is 5.56 Å². The van der Waals surface area contributed by atoms with Crippen LogP contribution in [0.1, 0.15) is 22.5 Å². The molecule has 1 aromatic carbocycles. The van der Waals surface area contributed by atoms with Crippen LogP contribution in [-0.2, 0) is 0 Å². The zero-order valence-corrected chi connectivity index (χ0v) is 13.5. The van der Waals surface area contributed by atoms with Gasteiger partial charge in [0.1, 0.15) is 0 Å². The van der Waals surface area contributed by atoms with E-state index in [0.717, 1.165) is 28.3 Å². The molecular formula is C19H18N4+2. The predicted molar refractivity (Wildman–Crippen MR) is 86.2 cm³/mol. The van der Waals surface area contributed by atoms with Gasteiger partial charge in [-0.25, -0.2) is 0 Å². The van der Waals surface area contributed by atoms with E-state index >= 15 is 0 Å². The number of hydrogen-bond acceptors (Lipinski definition) is 2. The minimum Gasteiger partial charge on any atom is -0.252 e. The number of pyridine rings is 1. The van der Waals surface area contributed by atoms with Crippen molar-refractivity contribution in [2.75, 3.05) is 0 Å². The molecule has 4 nitrogen and oxygen atoms in total. The van der Waals surface area contributed by atoms with E-state index in [-0.39, 0.29) is 0 Å². The summed E-state index contributed by atoms with van der Waals surface area (Å²) in [4.78, 5) is 4.15. The molecule has 0 bridgehead atoms. The quantitative estimate of drug-likeness (QED) is 0.682. The van der Waals surface area contributed by atoms with E-state index in [2.05, 4.69) is 40.1 Å². The highest BCUT2D eigenvalue weighted by molar-refractivity contribution is 5.51. The minimum atomic E-state index is 0.639. The highest BCUT2D eigenvalue weighted by Gasteiger charge is 2.23. The zero-order valence-electron chi connectivity index (χ0n) is 13.5. The van der Waals surface area contributed by atoms with E-state index in [9.17, 15) is 5.26 Å². The van der Waals surface area contributed by atoms with Gasteiger partial charge < -0.3 is 0 Å². The Bertz CT molecular complexity index is 856. The lowest BCUT2D eigenvalue weighted by Gasteiger charge is -2.07. The topological polar surface area (TPSA) is 44.4 Å². The van der Waals surface area contributed by atoms with Gasteiger partial charge in [0.2, 0.25) is 17.1 Å². The standard InChI is InChI=1S/C19H18N4/c1-14-6-4-5-8-22(14)18-10-17(12-20)11-19(16(18)3)23-9-7-21-13-15(23)2/h4-11,13H,1-3H3/q+2. The van der Waals surface area contributed by atoms with Crippen molar-refractivity contribution in [1.29, 1.82) is 5.26 Å². The van der Waals surface area contributed by atoms with Gasteiger partial charge in [0, 0.05) is 38.1 Å². The van der Waals surface area contributed by atoms with Crippen LogP contribution < -0.4 is 9.13 Å². The average Bonchev–Trinajstić information content (AvgIpc) is 2.57. The van der Waals surface area contributed by atoms with Crippen molar-refractivity contribution in [3.05, 3.63) is 77.6 Å². The van der Waals surface area contributed by atoms with Crippen LogP contribution in [0.25, 0.3) is 11.4 Å². The van der Waals surface area contributed by atoms with E-state index in [1.165, 1.54) is 0 Å². The number of hydrogen-bond donors (Lipinski definition) is 0. The molecule has 0 spiro atoms. The van der Waals surface area contributed by atoms with Crippen LogP contribution in [0.4, 0.5) is 0 Å². The number of benzene rings is 1. The van der Waals surface area contributed by atoms with Crippen molar-refractivity contribution in [2.24, 2.45) is 0 Å². The van der Waals surface area contributed by atoms with Crippen LogP contribution in [0.2, 0.25) is 0 Å². The normalized spacial score (nSPS) is 10.3. The molecule has 0 fully saturated rings. The molecule has 112 valence electrons.